The molecule has 0 bridgehead atoms. The minimum Gasteiger partial charge on any atom is -0.214 e. The summed E-state index contributed by atoms with van der Waals surface area (Å²) >= 11 is 0. The minimum atomic E-state index is -0.101. The molecule has 0 unspecified atom stereocenters. The molecular formula is C18H27FeP. The van der Waals surface area contributed by atoms with Gasteiger partial charge in [-0.15, -0.1) is 5.30 Å². The van der Waals surface area contributed by atoms with Crippen molar-refractivity contribution in [2.75, 3.05) is 0 Å². The Morgan fingerprint density at radius 2 is 1.30 bits per heavy atom. The fourth-order valence-corrected chi connectivity index (χ4v) is 6.65. The molecule has 112 valence electrons. The van der Waals surface area contributed by atoms with Gasteiger partial charge in [0.15, 0.2) is 0 Å². The van der Waals surface area contributed by atoms with Crippen LogP contribution in [0, 0.1) is 0 Å². The van der Waals surface area contributed by atoms with Crippen LogP contribution >= 0.6 is 7.92 Å². The Hall–Kier alpha value is -0.351. The van der Waals surface area contributed by atoms with E-state index < -0.39 is 0 Å². The SMILES string of the molecule is CC(C)(C)P(c1ccc[cH-]1)C(C)(C)C.[Fe+2].c1cc[cH-]c1. The Bertz CT molecular complexity index is 395. The van der Waals surface area contributed by atoms with E-state index in [-0.39, 0.29) is 25.0 Å². The van der Waals surface area contributed by atoms with Crippen LogP contribution in [-0.4, -0.2) is 10.3 Å². The maximum absolute atomic E-state index is 2.36. The van der Waals surface area contributed by atoms with Crippen LogP contribution in [-0.2, 0) is 17.1 Å². The molecule has 0 aliphatic rings. The second-order valence-electron chi connectivity index (χ2n) is 6.78. The van der Waals surface area contributed by atoms with Crippen molar-refractivity contribution in [3.8, 4) is 0 Å². The zero-order valence-electron chi connectivity index (χ0n) is 13.5. The van der Waals surface area contributed by atoms with E-state index in [1.54, 1.807) is 5.30 Å². The van der Waals surface area contributed by atoms with Crippen molar-refractivity contribution in [3.63, 3.8) is 0 Å². The number of rotatable bonds is 1. The monoisotopic (exact) mass is 330 g/mol. The largest absolute Gasteiger partial charge is 2.00 e. The Morgan fingerprint density at radius 3 is 1.55 bits per heavy atom. The summed E-state index contributed by atoms with van der Waals surface area (Å²) < 4.78 is 0. The average molecular weight is 330 g/mol. The Balaban J connectivity index is 0.000000507. The van der Waals surface area contributed by atoms with E-state index in [4.69, 9.17) is 0 Å². The summed E-state index contributed by atoms with van der Waals surface area (Å²) in [6.07, 6.45) is 0. The van der Waals surface area contributed by atoms with Crippen molar-refractivity contribution in [1.82, 2.24) is 0 Å². The van der Waals surface area contributed by atoms with Crippen LogP contribution in [0.3, 0.4) is 0 Å². The van der Waals surface area contributed by atoms with Crippen LogP contribution < -0.4 is 5.30 Å². The first kappa shape index (κ1) is 19.6. The van der Waals surface area contributed by atoms with E-state index in [2.05, 4.69) is 65.8 Å². The molecule has 0 N–H and O–H groups in total. The van der Waals surface area contributed by atoms with Crippen LogP contribution in [0.2, 0.25) is 0 Å². The van der Waals surface area contributed by atoms with E-state index in [0.717, 1.165) is 0 Å². The summed E-state index contributed by atoms with van der Waals surface area (Å²) in [6.45, 7) is 14.1. The minimum absolute atomic E-state index is 0. The van der Waals surface area contributed by atoms with Gasteiger partial charge in [0.2, 0.25) is 0 Å². The topological polar surface area (TPSA) is 0 Å². The van der Waals surface area contributed by atoms with Gasteiger partial charge in [-0.05, 0) is 10.3 Å². The average Bonchev–Trinajstić information content (AvgIpc) is 2.86. The quantitative estimate of drug-likeness (QED) is 0.367. The number of hydrogen-bond donors (Lipinski definition) is 0. The van der Waals surface area contributed by atoms with Crippen LogP contribution in [0.5, 0.6) is 0 Å². The molecule has 0 nitrogen and oxygen atoms in total. The molecule has 0 aliphatic carbocycles. The molecule has 0 aliphatic heterocycles. The van der Waals surface area contributed by atoms with Gasteiger partial charge in [-0.2, -0.15) is 30.3 Å². The summed E-state index contributed by atoms with van der Waals surface area (Å²) in [4.78, 5) is 0. The summed E-state index contributed by atoms with van der Waals surface area (Å²) in [5.74, 6) is 0. The molecule has 0 saturated carbocycles. The Kier molecular flexibility index (Phi) is 8.04. The molecule has 0 fully saturated rings. The predicted molar refractivity (Wildman–Crippen MR) is 90.1 cm³/mol. The summed E-state index contributed by atoms with van der Waals surface area (Å²) in [5.41, 5.74) is 0. The van der Waals surface area contributed by atoms with Crippen LogP contribution in [0.1, 0.15) is 41.5 Å². The van der Waals surface area contributed by atoms with Gasteiger partial charge in [-0.1, -0.05) is 49.5 Å². The van der Waals surface area contributed by atoms with Crippen molar-refractivity contribution < 1.29 is 17.1 Å². The summed E-state index contributed by atoms with van der Waals surface area (Å²) in [5, 5.41) is 2.32. The Morgan fingerprint density at radius 1 is 0.800 bits per heavy atom. The molecule has 2 aromatic rings. The Labute approximate surface area is 136 Å². The van der Waals surface area contributed by atoms with E-state index >= 15 is 0 Å². The first-order valence-electron chi connectivity index (χ1n) is 6.91. The van der Waals surface area contributed by atoms with Crippen LogP contribution in [0.15, 0.2) is 54.6 Å². The molecule has 0 saturated heterocycles. The third-order valence-electron chi connectivity index (χ3n) is 2.80. The van der Waals surface area contributed by atoms with Gasteiger partial charge in [0.05, 0.1) is 0 Å². The van der Waals surface area contributed by atoms with Gasteiger partial charge in [-0.25, -0.2) is 24.3 Å². The zero-order chi connectivity index (χ0) is 14.5. The number of hydrogen-bond acceptors (Lipinski definition) is 0. The van der Waals surface area contributed by atoms with Crippen molar-refractivity contribution >= 4 is 13.2 Å². The zero-order valence-corrected chi connectivity index (χ0v) is 15.5. The van der Waals surface area contributed by atoms with Gasteiger partial charge in [-0.3, -0.25) is 0 Å². The molecule has 0 atom stereocenters. The fourth-order valence-electron chi connectivity index (χ4n) is 2.61. The second kappa shape index (κ2) is 8.18. The molecule has 2 heteroatoms. The van der Waals surface area contributed by atoms with Crippen molar-refractivity contribution in [2.45, 2.75) is 51.9 Å². The van der Waals surface area contributed by atoms with Gasteiger partial charge in [0.25, 0.3) is 0 Å². The summed E-state index contributed by atoms with van der Waals surface area (Å²) in [6, 6.07) is 18.9. The van der Waals surface area contributed by atoms with Gasteiger partial charge < -0.3 is 0 Å². The van der Waals surface area contributed by atoms with Crippen molar-refractivity contribution in [1.29, 1.82) is 0 Å². The molecule has 2 rings (SSSR count). The van der Waals surface area contributed by atoms with Crippen molar-refractivity contribution in [2.24, 2.45) is 0 Å². The predicted octanol–water partition coefficient (Wildman–Crippen LogP) is 5.51. The summed E-state index contributed by atoms with van der Waals surface area (Å²) in [7, 11) is -0.101. The smallest absolute Gasteiger partial charge is 0.214 e. The maximum atomic E-state index is 2.36. The van der Waals surface area contributed by atoms with Gasteiger partial charge in [0.1, 0.15) is 0 Å². The van der Waals surface area contributed by atoms with Gasteiger partial charge >= 0.3 is 17.1 Å². The van der Waals surface area contributed by atoms with Gasteiger partial charge in [0, 0.05) is 0 Å². The first-order chi connectivity index (χ1) is 8.73. The van der Waals surface area contributed by atoms with Crippen LogP contribution in [0.25, 0.3) is 0 Å². The second-order valence-corrected chi connectivity index (χ2v) is 10.7. The standard InChI is InChI=1S/C13H22P.C5H5.Fe/c1-12(2,3)14(13(4,5)6)11-9-7-8-10-11;1-2-4-5-3-1;/h7-10H,1-6H3;1-5H;/q2*-1;+2. The molecular weight excluding hydrogens is 303 g/mol. The third kappa shape index (κ3) is 6.40. The molecule has 2 aromatic carbocycles. The fraction of sp³-hybridized carbons (Fsp3) is 0.444. The normalized spacial score (nSPS) is 11.6. The van der Waals surface area contributed by atoms with E-state index in [1.807, 2.05) is 30.3 Å². The maximum Gasteiger partial charge on any atom is 2.00 e. The molecule has 0 radical (unpaired) electrons. The first-order valence-corrected chi connectivity index (χ1v) is 8.26. The van der Waals surface area contributed by atoms with E-state index in [9.17, 15) is 0 Å². The molecule has 0 spiro atoms. The van der Waals surface area contributed by atoms with E-state index in [0.29, 0.717) is 10.3 Å². The molecule has 0 heterocycles. The molecule has 0 aromatic heterocycles. The third-order valence-corrected chi connectivity index (χ3v) is 6.30. The van der Waals surface area contributed by atoms with Crippen LogP contribution in [0.4, 0.5) is 0 Å². The molecule has 20 heavy (non-hydrogen) atoms. The molecule has 0 amide bonds. The van der Waals surface area contributed by atoms with Crippen molar-refractivity contribution in [3.05, 3.63) is 54.6 Å². The van der Waals surface area contributed by atoms with E-state index in [1.165, 1.54) is 0 Å².